The second kappa shape index (κ2) is 8.75. The molecule has 0 N–H and O–H groups in total. The normalized spacial score (nSPS) is 18.2. The number of hydrogen-bond acceptors (Lipinski definition) is 5. The number of nitrogens with zero attached hydrogens (tertiary/aromatic N) is 1. The summed E-state index contributed by atoms with van der Waals surface area (Å²) in [6.45, 7) is 4.34. The van der Waals surface area contributed by atoms with E-state index in [1.54, 1.807) is 20.1 Å². The van der Waals surface area contributed by atoms with E-state index in [2.05, 4.69) is 9.08 Å². The average Bonchev–Trinajstić information content (AvgIpc) is 2.79. The summed E-state index contributed by atoms with van der Waals surface area (Å²) in [5.41, 5.74) is -2.17. The number of fused-ring (bicyclic) bond motifs is 1. The van der Waals surface area contributed by atoms with Gasteiger partial charge in [-0.25, -0.2) is 4.39 Å². The lowest BCUT2D eigenvalue weighted by molar-refractivity contribution is -0.0500. The third-order valence-electron chi connectivity index (χ3n) is 6.34. The molecule has 0 aliphatic carbocycles. The monoisotopic (exact) mass is 509 g/mol. The molecule has 186 valence electrons. The molecule has 4 rings (SSSR count). The van der Waals surface area contributed by atoms with Crippen LogP contribution in [0.2, 0.25) is 0 Å². The summed E-state index contributed by atoms with van der Waals surface area (Å²) in [6.07, 6.45) is 0.684. The predicted octanol–water partition coefficient (Wildman–Crippen LogP) is 5.70. The van der Waals surface area contributed by atoms with Gasteiger partial charge in [0.05, 0.1) is 12.6 Å². The van der Waals surface area contributed by atoms with Crippen molar-refractivity contribution in [3.8, 4) is 11.5 Å². The molecule has 0 spiro atoms. The van der Waals surface area contributed by atoms with Gasteiger partial charge in [-0.1, -0.05) is 18.2 Å². The van der Waals surface area contributed by atoms with Gasteiger partial charge in [0.2, 0.25) is 0 Å². The standard InChI is InChI=1S/C25H23F4NO4S/c1-16-14-19(26)6-11-23(16)30-13-12-17-15-21(33-3)9-10-22(17)24(30,2)18-4-7-20(8-5-18)34-35(31,32)25(27,28)29/h4-11,14-15H,12-13H2,1-3H3. The molecule has 0 bridgehead atoms. The number of ether oxygens (including phenoxy) is 1. The van der Waals surface area contributed by atoms with E-state index in [-0.39, 0.29) is 5.82 Å². The molecule has 1 heterocycles. The van der Waals surface area contributed by atoms with E-state index in [0.717, 1.165) is 22.4 Å². The molecule has 3 aromatic rings. The highest BCUT2D eigenvalue weighted by molar-refractivity contribution is 7.88. The van der Waals surface area contributed by atoms with Gasteiger partial charge in [-0.3, -0.25) is 0 Å². The zero-order valence-corrected chi connectivity index (χ0v) is 20.0. The highest BCUT2D eigenvalue weighted by Gasteiger charge is 2.48. The molecule has 0 saturated heterocycles. The largest absolute Gasteiger partial charge is 0.534 e. The van der Waals surface area contributed by atoms with E-state index in [0.29, 0.717) is 24.3 Å². The minimum Gasteiger partial charge on any atom is -0.497 e. The molecular weight excluding hydrogens is 486 g/mol. The van der Waals surface area contributed by atoms with E-state index in [4.69, 9.17) is 4.74 Å². The van der Waals surface area contributed by atoms with Gasteiger partial charge in [0.1, 0.15) is 17.3 Å². The molecule has 0 fully saturated rings. The fourth-order valence-electron chi connectivity index (χ4n) is 4.58. The van der Waals surface area contributed by atoms with Crippen LogP contribution in [0.25, 0.3) is 0 Å². The van der Waals surface area contributed by atoms with Crippen molar-refractivity contribution in [1.82, 2.24) is 0 Å². The Labute approximate surface area is 201 Å². The summed E-state index contributed by atoms with van der Waals surface area (Å²) in [5, 5.41) is 0. The van der Waals surface area contributed by atoms with Crippen molar-refractivity contribution in [2.24, 2.45) is 0 Å². The van der Waals surface area contributed by atoms with Crippen LogP contribution in [-0.4, -0.2) is 27.6 Å². The van der Waals surface area contributed by atoms with Crippen molar-refractivity contribution in [2.45, 2.75) is 31.3 Å². The van der Waals surface area contributed by atoms with E-state index in [1.165, 1.54) is 36.4 Å². The maximum absolute atomic E-state index is 13.8. The first-order valence-corrected chi connectivity index (χ1v) is 12.1. The van der Waals surface area contributed by atoms with Crippen molar-refractivity contribution in [1.29, 1.82) is 0 Å². The van der Waals surface area contributed by atoms with Gasteiger partial charge in [0.25, 0.3) is 0 Å². The van der Waals surface area contributed by atoms with Crippen LogP contribution in [0.5, 0.6) is 11.5 Å². The maximum atomic E-state index is 13.8. The minimum absolute atomic E-state index is 0.359. The van der Waals surface area contributed by atoms with Gasteiger partial charge in [-0.2, -0.15) is 21.6 Å². The van der Waals surface area contributed by atoms with Crippen LogP contribution < -0.4 is 13.8 Å². The molecule has 0 saturated carbocycles. The van der Waals surface area contributed by atoms with Crippen LogP contribution in [0.3, 0.4) is 0 Å². The predicted molar refractivity (Wildman–Crippen MR) is 124 cm³/mol. The SMILES string of the molecule is COc1ccc2c(c1)CCN(c1ccc(F)cc1C)C2(C)c1ccc(OS(=O)(=O)C(F)(F)F)cc1. The minimum atomic E-state index is -5.78. The number of alkyl halides is 3. The number of methoxy groups -OCH3 is 1. The second-order valence-electron chi connectivity index (χ2n) is 8.44. The fourth-order valence-corrected chi connectivity index (χ4v) is 5.04. The zero-order chi connectivity index (χ0) is 25.6. The summed E-state index contributed by atoms with van der Waals surface area (Å²) < 4.78 is 84.4. The first-order chi connectivity index (χ1) is 16.4. The Kier molecular flexibility index (Phi) is 6.21. The lowest BCUT2D eigenvalue weighted by Crippen LogP contribution is -2.50. The molecule has 1 atom stereocenters. The van der Waals surface area contributed by atoms with Crippen LogP contribution >= 0.6 is 0 Å². The van der Waals surface area contributed by atoms with Crippen molar-refractivity contribution < 1.29 is 34.9 Å². The molecule has 3 aromatic carbocycles. The van der Waals surface area contributed by atoms with Gasteiger partial charge < -0.3 is 13.8 Å². The lowest BCUT2D eigenvalue weighted by atomic mass is 9.76. The molecule has 1 aliphatic heterocycles. The van der Waals surface area contributed by atoms with Gasteiger partial charge in [0.15, 0.2) is 0 Å². The Morgan fingerprint density at radius 3 is 2.23 bits per heavy atom. The molecule has 0 radical (unpaired) electrons. The Balaban J connectivity index is 1.83. The number of hydrogen-bond donors (Lipinski definition) is 0. The van der Waals surface area contributed by atoms with Crippen molar-refractivity contribution in [3.63, 3.8) is 0 Å². The summed E-state index contributed by atoms with van der Waals surface area (Å²) in [6, 6.07) is 15.7. The van der Waals surface area contributed by atoms with E-state index >= 15 is 0 Å². The Morgan fingerprint density at radius 2 is 1.63 bits per heavy atom. The number of rotatable bonds is 5. The summed E-state index contributed by atoms with van der Waals surface area (Å²) >= 11 is 0. The number of benzene rings is 3. The Bertz CT molecular complexity index is 1360. The first-order valence-electron chi connectivity index (χ1n) is 10.7. The number of halogens is 4. The van der Waals surface area contributed by atoms with Gasteiger partial charge in [-0.15, -0.1) is 0 Å². The molecule has 5 nitrogen and oxygen atoms in total. The van der Waals surface area contributed by atoms with Crippen molar-refractivity contribution in [2.75, 3.05) is 18.6 Å². The van der Waals surface area contributed by atoms with E-state index in [9.17, 15) is 26.0 Å². The molecule has 1 aliphatic rings. The van der Waals surface area contributed by atoms with Gasteiger partial charge in [0, 0.05) is 12.2 Å². The van der Waals surface area contributed by atoms with Crippen molar-refractivity contribution in [3.05, 3.63) is 88.7 Å². The average molecular weight is 510 g/mol. The zero-order valence-electron chi connectivity index (χ0n) is 19.2. The summed E-state index contributed by atoms with van der Waals surface area (Å²) in [7, 11) is -4.21. The lowest BCUT2D eigenvalue weighted by Gasteiger charge is -2.48. The third-order valence-corrected chi connectivity index (χ3v) is 7.32. The highest BCUT2D eigenvalue weighted by Crippen LogP contribution is 2.45. The maximum Gasteiger partial charge on any atom is 0.534 e. The molecule has 0 aromatic heterocycles. The van der Waals surface area contributed by atoms with Crippen LogP contribution in [0.15, 0.2) is 60.7 Å². The second-order valence-corrected chi connectivity index (χ2v) is 9.97. The summed E-state index contributed by atoms with van der Waals surface area (Å²) in [5.74, 6) is -0.119. The Morgan fingerprint density at radius 1 is 0.971 bits per heavy atom. The first kappa shape index (κ1) is 24.8. The van der Waals surface area contributed by atoms with E-state index in [1.807, 2.05) is 25.1 Å². The molecule has 1 unspecified atom stereocenters. The quantitative estimate of drug-likeness (QED) is 0.251. The fraction of sp³-hybridized carbons (Fsp3) is 0.280. The third kappa shape index (κ3) is 4.42. The molecular formula is C25H23F4NO4S. The van der Waals surface area contributed by atoms with Crippen LogP contribution in [0.1, 0.15) is 29.2 Å². The van der Waals surface area contributed by atoms with Gasteiger partial charge >= 0.3 is 15.6 Å². The summed E-state index contributed by atoms with van der Waals surface area (Å²) in [4.78, 5) is 2.11. The number of aryl methyl sites for hydroxylation is 1. The van der Waals surface area contributed by atoms with Gasteiger partial charge in [-0.05, 0) is 85.0 Å². The number of anilines is 1. The van der Waals surface area contributed by atoms with Crippen molar-refractivity contribution >= 4 is 15.8 Å². The van der Waals surface area contributed by atoms with Crippen LogP contribution in [-0.2, 0) is 22.1 Å². The highest BCUT2D eigenvalue weighted by atomic mass is 32.2. The van der Waals surface area contributed by atoms with Crippen LogP contribution in [0, 0.1) is 12.7 Å². The van der Waals surface area contributed by atoms with E-state index < -0.39 is 26.9 Å². The smallest absolute Gasteiger partial charge is 0.497 e. The topological polar surface area (TPSA) is 55.8 Å². The van der Waals surface area contributed by atoms with Crippen LogP contribution in [0.4, 0.5) is 23.2 Å². The molecule has 0 amide bonds. The molecule has 10 heteroatoms. The Hall–Kier alpha value is -3.27. The molecule has 35 heavy (non-hydrogen) atoms.